The molecule has 74 valence electrons. The van der Waals surface area contributed by atoms with Crippen molar-refractivity contribution < 1.29 is 4.74 Å². The van der Waals surface area contributed by atoms with Gasteiger partial charge >= 0.3 is 0 Å². The van der Waals surface area contributed by atoms with Gasteiger partial charge in [-0.3, -0.25) is 0 Å². The zero-order valence-corrected chi connectivity index (χ0v) is 7.62. The fourth-order valence-electron chi connectivity index (χ4n) is 1.20. The number of ether oxygens (including phenoxy) is 1. The second-order valence-electron chi connectivity index (χ2n) is 2.89. The zero-order valence-electron chi connectivity index (χ0n) is 7.62. The standard InChI is InChI=1S/C7H14N4O2/c1-8-7(10-11-12)9-4-6-2-3-13-5-6/h6H,2-5H2,1H3,(H2,8,9,10,12). The maximum atomic E-state index is 9.83. The Morgan fingerprint density at radius 2 is 2.54 bits per heavy atom. The monoisotopic (exact) mass is 186 g/mol. The Kier molecular flexibility index (Phi) is 4.17. The molecule has 1 unspecified atom stereocenters. The van der Waals surface area contributed by atoms with Crippen molar-refractivity contribution in [2.45, 2.75) is 6.42 Å². The van der Waals surface area contributed by atoms with E-state index in [4.69, 9.17) is 4.74 Å². The van der Waals surface area contributed by atoms with Crippen molar-refractivity contribution >= 4 is 5.96 Å². The van der Waals surface area contributed by atoms with Gasteiger partial charge in [0.2, 0.25) is 5.96 Å². The van der Waals surface area contributed by atoms with E-state index in [0.717, 1.165) is 26.2 Å². The number of nitrogens with one attached hydrogen (secondary N) is 2. The third-order valence-electron chi connectivity index (χ3n) is 1.96. The molecule has 6 heteroatoms. The van der Waals surface area contributed by atoms with Crippen LogP contribution in [-0.2, 0) is 4.74 Å². The van der Waals surface area contributed by atoms with Crippen LogP contribution in [0.2, 0.25) is 0 Å². The summed E-state index contributed by atoms with van der Waals surface area (Å²) < 4.78 is 5.20. The highest BCUT2D eigenvalue weighted by molar-refractivity contribution is 5.79. The van der Waals surface area contributed by atoms with E-state index in [2.05, 4.69) is 21.0 Å². The van der Waals surface area contributed by atoms with Crippen LogP contribution in [0, 0.1) is 10.8 Å². The van der Waals surface area contributed by atoms with E-state index < -0.39 is 0 Å². The number of guanidine groups is 1. The quantitative estimate of drug-likeness (QED) is 0.278. The molecule has 0 saturated carbocycles. The van der Waals surface area contributed by atoms with Gasteiger partial charge in [0.25, 0.3) is 0 Å². The van der Waals surface area contributed by atoms with Crippen molar-refractivity contribution in [3.05, 3.63) is 4.91 Å². The van der Waals surface area contributed by atoms with Crippen LogP contribution >= 0.6 is 0 Å². The van der Waals surface area contributed by atoms with E-state index in [-0.39, 0.29) is 0 Å². The van der Waals surface area contributed by atoms with Crippen molar-refractivity contribution in [1.29, 1.82) is 0 Å². The molecule has 6 nitrogen and oxygen atoms in total. The number of hydrogen-bond acceptors (Lipinski definition) is 3. The normalized spacial score (nSPS) is 22.8. The average molecular weight is 186 g/mol. The van der Waals surface area contributed by atoms with E-state index >= 15 is 0 Å². The highest BCUT2D eigenvalue weighted by Crippen LogP contribution is 2.10. The molecule has 0 aromatic heterocycles. The first-order valence-electron chi connectivity index (χ1n) is 4.26. The topological polar surface area (TPSA) is 75.1 Å². The van der Waals surface area contributed by atoms with Crippen molar-refractivity contribution in [2.24, 2.45) is 16.3 Å². The lowest BCUT2D eigenvalue weighted by atomic mass is 10.1. The van der Waals surface area contributed by atoms with Crippen LogP contribution in [0.1, 0.15) is 6.42 Å². The summed E-state index contributed by atoms with van der Waals surface area (Å²) in [4.78, 5) is 9.83. The van der Waals surface area contributed by atoms with Crippen molar-refractivity contribution in [2.75, 3.05) is 26.8 Å². The molecule has 1 rings (SSSR count). The number of rotatable bonds is 3. The summed E-state index contributed by atoms with van der Waals surface area (Å²) in [6, 6.07) is 0. The van der Waals surface area contributed by atoms with Gasteiger partial charge in [-0.05, 0) is 6.42 Å². The van der Waals surface area contributed by atoms with E-state index in [9.17, 15) is 4.91 Å². The predicted octanol–water partition coefficient (Wildman–Crippen LogP) is -0.131. The molecular weight excluding hydrogens is 172 g/mol. The number of hydrogen-bond donors (Lipinski definition) is 2. The molecular formula is C7H14N4O2. The molecule has 0 radical (unpaired) electrons. The molecule has 0 spiro atoms. The summed E-state index contributed by atoms with van der Waals surface area (Å²) in [5.41, 5.74) is 0. The molecule has 2 N–H and O–H groups in total. The van der Waals surface area contributed by atoms with Gasteiger partial charge in [0.15, 0.2) is 0 Å². The van der Waals surface area contributed by atoms with Gasteiger partial charge in [0.1, 0.15) is 0 Å². The predicted molar refractivity (Wildman–Crippen MR) is 49.2 cm³/mol. The van der Waals surface area contributed by atoms with Crippen molar-refractivity contribution in [3.8, 4) is 0 Å². The summed E-state index contributed by atoms with van der Waals surface area (Å²) in [7, 11) is 1.68. The Bertz CT molecular complexity index is 189. The van der Waals surface area contributed by atoms with Crippen LogP contribution in [0.15, 0.2) is 10.4 Å². The molecule has 1 heterocycles. The lowest BCUT2D eigenvalue weighted by molar-refractivity contribution is 0.186. The van der Waals surface area contributed by atoms with Gasteiger partial charge in [-0.15, -0.1) is 4.91 Å². The molecule has 1 saturated heterocycles. The lowest BCUT2D eigenvalue weighted by Crippen LogP contribution is -2.37. The smallest absolute Gasteiger partial charge is 0.219 e. The van der Waals surface area contributed by atoms with Crippen LogP contribution in [-0.4, -0.2) is 32.8 Å². The van der Waals surface area contributed by atoms with E-state index in [1.807, 2.05) is 0 Å². The van der Waals surface area contributed by atoms with Crippen molar-refractivity contribution in [3.63, 3.8) is 0 Å². The fourth-order valence-corrected chi connectivity index (χ4v) is 1.20. The summed E-state index contributed by atoms with van der Waals surface area (Å²) in [6.45, 7) is 2.36. The first-order chi connectivity index (χ1) is 6.36. The minimum atomic E-state index is 0.405. The Hall–Kier alpha value is -1.17. The van der Waals surface area contributed by atoms with Crippen LogP contribution < -0.4 is 10.6 Å². The molecule has 1 atom stereocenters. The molecule has 0 amide bonds. The van der Waals surface area contributed by atoms with Crippen LogP contribution in [0.4, 0.5) is 0 Å². The van der Waals surface area contributed by atoms with Gasteiger partial charge in [-0.2, -0.15) is 0 Å². The van der Waals surface area contributed by atoms with E-state index in [0.29, 0.717) is 11.9 Å². The highest BCUT2D eigenvalue weighted by atomic mass is 16.5. The molecule has 1 fully saturated rings. The molecule has 13 heavy (non-hydrogen) atoms. The Balaban J connectivity index is 2.22. The van der Waals surface area contributed by atoms with Gasteiger partial charge in [-0.25, -0.2) is 0 Å². The summed E-state index contributed by atoms with van der Waals surface area (Å²) >= 11 is 0. The average Bonchev–Trinajstić information content (AvgIpc) is 2.64. The molecule has 0 aromatic rings. The van der Waals surface area contributed by atoms with E-state index in [1.165, 1.54) is 0 Å². The zero-order chi connectivity index (χ0) is 9.52. The molecule has 0 bridgehead atoms. The third kappa shape index (κ3) is 3.37. The van der Waals surface area contributed by atoms with Crippen molar-refractivity contribution in [1.82, 2.24) is 10.6 Å². The summed E-state index contributed by atoms with van der Waals surface area (Å²) in [5, 5.41) is 11.5. The number of nitroso groups, excluding NO2 is 1. The highest BCUT2D eigenvalue weighted by Gasteiger charge is 2.15. The first-order valence-corrected chi connectivity index (χ1v) is 4.26. The Labute approximate surface area is 76.7 Å². The molecule has 0 aliphatic carbocycles. The number of nitrogens with zero attached hydrogens (tertiary/aromatic N) is 2. The third-order valence-corrected chi connectivity index (χ3v) is 1.96. The van der Waals surface area contributed by atoms with Crippen LogP contribution in [0.25, 0.3) is 0 Å². The van der Waals surface area contributed by atoms with E-state index in [1.54, 1.807) is 7.05 Å². The van der Waals surface area contributed by atoms with Gasteiger partial charge < -0.3 is 15.4 Å². The molecule has 0 aromatic carbocycles. The Morgan fingerprint density at radius 1 is 1.69 bits per heavy atom. The SMILES string of the molecule is CN/C(=N\N=O)NCC1CCOC1. The van der Waals surface area contributed by atoms with Gasteiger partial charge in [0, 0.05) is 26.1 Å². The fraction of sp³-hybridized carbons (Fsp3) is 0.857. The van der Waals surface area contributed by atoms with Gasteiger partial charge in [-0.1, -0.05) is 5.10 Å². The second-order valence-corrected chi connectivity index (χ2v) is 2.89. The molecule has 1 aliphatic rings. The summed E-state index contributed by atoms with van der Waals surface area (Å²) in [5.74, 6) is 0.909. The first kappa shape index (κ1) is 9.91. The van der Waals surface area contributed by atoms with Crippen LogP contribution in [0.5, 0.6) is 0 Å². The maximum Gasteiger partial charge on any atom is 0.219 e. The lowest BCUT2D eigenvalue weighted by Gasteiger charge is -2.10. The summed E-state index contributed by atoms with van der Waals surface area (Å²) in [6.07, 6.45) is 1.05. The van der Waals surface area contributed by atoms with Gasteiger partial charge in [0.05, 0.1) is 11.9 Å². The minimum Gasteiger partial charge on any atom is -0.381 e. The molecule has 1 aliphatic heterocycles. The maximum absolute atomic E-state index is 9.83. The largest absolute Gasteiger partial charge is 0.381 e. The minimum absolute atomic E-state index is 0.405. The van der Waals surface area contributed by atoms with Crippen LogP contribution in [0.3, 0.4) is 0 Å². The second kappa shape index (κ2) is 5.47. The Morgan fingerprint density at radius 3 is 3.08 bits per heavy atom.